The van der Waals surface area contributed by atoms with Crippen LogP contribution >= 0.6 is 57.9 Å². The molecular formula is C14H15Cl3N4OS2. The number of halogens is 3. The number of aromatic nitrogens is 2. The lowest BCUT2D eigenvalue weighted by Gasteiger charge is -2.08. The van der Waals surface area contributed by atoms with E-state index in [0.29, 0.717) is 26.7 Å². The molecule has 5 nitrogen and oxygen atoms in total. The van der Waals surface area contributed by atoms with Gasteiger partial charge in [-0.05, 0) is 18.1 Å². The minimum Gasteiger partial charge on any atom is -0.360 e. The highest BCUT2D eigenvalue weighted by molar-refractivity contribution is 8.01. The molecule has 0 bridgehead atoms. The van der Waals surface area contributed by atoms with Crippen LogP contribution in [-0.4, -0.2) is 28.4 Å². The van der Waals surface area contributed by atoms with E-state index in [2.05, 4.69) is 34.7 Å². The number of nitrogens with one attached hydrogen (secondary N) is 2. The van der Waals surface area contributed by atoms with Crippen LogP contribution < -0.4 is 10.6 Å². The predicted octanol–water partition coefficient (Wildman–Crippen LogP) is 5.30. The Kier molecular flexibility index (Phi) is 7.43. The molecule has 1 aromatic heterocycles. The molecule has 0 saturated heterocycles. The molecule has 2 N–H and O–H groups in total. The minimum absolute atomic E-state index is 0.190. The summed E-state index contributed by atoms with van der Waals surface area (Å²) in [5, 5.41) is 15.7. The molecule has 0 saturated carbocycles. The Morgan fingerprint density at radius 3 is 2.62 bits per heavy atom. The number of thioether (sulfide) groups is 1. The minimum atomic E-state index is -0.216. The van der Waals surface area contributed by atoms with E-state index in [9.17, 15) is 4.79 Å². The van der Waals surface area contributed by atoms with E-state index in [4.69, 9.17) is 34.8 Å². The van der Waals surface area contributed by atoms with Crippen LogP contribution in [0.2, 0.25) is 15.1 Å². The van der Waals surface area contributed by atoms with Gasteiger partial charge >= 0.3 is 0 Å². The molecule has 0 aliphatic rings. The number of amides is 1. The van der Waals surface area contributed by atoms with E-state index in [1.54, 1.807) is 0 Å². The first-order valence-corrected chi connectivity index (χ1v) is 9.93. The largest absolute Gasteiger partial charge is 0.360 e. The maximum Gasteiger partial charge on any atom is 0.234 e. The third-order valence-electron chi connectivity index (χ3n) is 2.68. The molecular weight excluding hydrogens is 411 g/mol. The number of carbonyl (C=O) groups excluding carboxylic acids is 1. The molecule has 130 valence electrons. The van der Waals surface area contributed by atoms with Crippen LogP contribution in [0.25, 0.3) is 0 Å². The molecule has 0 aliphatic heterocycles. The zero-order valence-corrected chi connectivity index (χ0v) is 16.8. The van der Waals surface area contributed by atoms with E-state index >= 15 is 0 Å². The number of anilines is 2. The first-order valence-electron chi connectivity index (χ1n) is 6.99. The van der Waals surface area contributed by atoms with Crippen molar-refractivity contribution in [2.45, 2.75) is 18.2 Å². The fraction of sp³-hybridized carbons (Fsp3) is 0.357. The van der Waals surface area contributed by atoms with Crippen LogP contribution in [-0.2, 0) is 4.79 Å². The summed E-state index contributed by atoms with van der Waals surface area (Å²) in [5.41, 5.74) is 0.424. The van der Waals surface area contributed by atoms with Gasteiger partial charge in [0.2, 0.25) is 11.0 Å². The third kappa shape index (κ3) is 5.97. The van der Waals surface area contributed by atoms with E-state index in [1.165, 1.54) is 35.2 Å². The summed E-state index contributed by atoms with van der Waals surface area (Å²) in [5.74, 6) is 0.494. The third-order valence-corrected chi connectivity index (χ3v) is 5.73. The molecule has 0 aliphatic carbocycles. The van der Waals surface area contributed by atoms with Gasteiger partial charge < -0.3 is 10.6 Å². The van der Waals surface area contributed by atoms with Gasteiger partial charge in [-0.1, -0.05) is 71.7 Å². The molecule has 2 rings (SSSR count). The molecule has 0 atom stereocenters. The van der Waals surface area contributed by atoms with Crippen molar-refractivity contribution < 1.29 is 4.79 Å². The second kappa shape index (κ2) is 9.10. The van der Waals surface area contributed by atoms with Crippen molar-refractivity contribution in [2.75, 3.05) is 22.9 Å². The Morgan fingerprint density at radius 1 is 1.21 bits per heavy atom. The first-order chi connectivity index (χ1) is 11.3. The van der Waals surface area contributed by atoms with E-state index in [0.717, 1.165) is 16.0 Å². The number of hydrogen-bond donors (Lipinski definition) is 2. The molecule has 1 aromatic carbocycles. The zero-order valence-electron chi connectivity index (χ0n) is 12.9. The molecule has 24 heavy (non-hydrogen) atoms. The van der Waals surface area contributed by atoms with Gasteiger partial charge in [-0.15, -0.1) is 10.2 Å². The smallest absolute Gasteiger partial charge is 0.234 e. The van der Waals surface area contributed by atoms with Crippen LogP contribution in [0, 0.1) is 5.92 Å². The highest BCUT2D eigenvalue weighted by atomic mass is 35.5. The fourth-order valence-electron chi connectivity index (χ4n) is 1.56. The Balaban J connectivity index is 1.86. The summed E-state index contributed by atoms with van der Waals surface area (Å²) in [6.45, 7) is 5.06. The number of benzene rings is 1. The van der Waals surface area contributed by atoms with Crippen molar-refractivity contribution in [2.24, 2.45) is 5.92 Å². The topological polar surface area (TPSA) is 66.9 Å². The Morgan fingerprint density at radius 2 is 1.92 bits per heavy atom. The highest BCUT2D eigenvalue weighted by Gasteiger charge is 2.12. The number of nitrogens with zero attached hydrogens (tertiary/aromatic N) is 2. The SMILES string of the molecule is CC(C)CNc1nnc(SCC(=O)Nc2cc(Cl)c(Cl)cc2Cl)s1. The van der Waals surface area contributed by atoms with Crippen molar-refractivity contribution in [1.29, 1.82) is 0 Å². The average molecular weight is 426 g/mol. The van der Waals surface area contributed by atoms with Crippen LogP contribution in [0.1, 0.15) is 13.8 Å². The summed E-state index contributed by atoms with van der Waals surface area (Å²) in [7, 11) is 0. The van der Waals surface area contributed by atoms with E-state index in [1.807, 2.05) is 0 Å². The van der Waals surface area contributed by atoms with Crippen LogP contribution in [0.15, 0.2) is 16.5 Å². The van der Waals surface area contributed by atoms with Gasteiger partial charge in [-0.3, -0.25) is 4.79 Å². The maximum absolute atomic E-state index is 12.0. The lowest BCUT2D eigenvalue weighted by molar-refractivity contribution is -0.113. The summed E-state index contributed by atoms with van der Waals surface area (Å²) >= 11 is 20.5. The average Bonchev–Trinajstić information content (AvgIpc) is 2.96. The molecule has 0 spiro atoms. The predicted molar refractivity (Wildman–Crippen MR) is 104 cm³/mol. The van der Waals surface area contributed by atoms with Gasteiger partial charge in [-0.25, -0.2) is 0 Å². The van der Waals surface area contributed by atoms with Gasteiger partial charge in [0, 0.05) is 6.54 Å². The Labute approximate surface area is 163 Å². The van der Waals surface area contributed by atoms with E-state index < -0.39 is 0 Å². The summed E-state index contributed by atoms with van der Waals surface area (Å²) in [6, 6.07) is 3.01. The Hall–Kier alpha value is -0.730. The molecule has 0 fully saturated rings. The monoisotopic (exact) mass is 424 g/mol. The van der Waals surface area contributed by atoms with Gasteiger partial charge in [-0.2, -0.15) is 0 Å². The molecule has 0 unspecified atom stereocenters. The number of carbonyl (C=O) groups is 1. The van der Waals surface area contributed by atoms with Crippen LogP contribution in [0.5, 0.6) is 0 Å². The fourth-order valence-corrected chi connectivity index (χ4v) is 3.72. The van der Waals surface area contributed by atoms with Crippen molar-refractivity contribution in [1.82, 2.24) is 10.2 Å². The normalized spacial score (nSPS) is 10.9. The van der Waals surface area contributed by atoms with Gasteiger partial charge in [0.15, 0.2) is 4.34 Å². The summed E-state index contributed by atoms with van der Waals surface area (Å²) < 4.78 is 0.719. The van der Waals surface area contributed by atoms with Gasteiger partial charge in [0.25, 0.3) is 0 Å². The lowest BCUT2D eigenvalue weighted by atomic mass is 10.2. The Bertz CT molecular complexity index is 724. The number of rotatable bonds is 7. The molecule has 0 radical (unpaired) electrons. The van der Waals surface area contributed by atoms with Gasteiger partial charge in [0.1, 0.15) is 0 Å². The summed E-state index contributed by atoms with van der Waals surface area (Å²) in [6.07, 6.45) is 0. The first kappa shape index (κ1) is 19.6. The molecule has 1 heterocycles. The maximum atomic E-state index is 12.0. The number of hydrogen-bond acceptors (Lipinski definition) is 6. The second-order valence-electron chi connectivity index (χ2n) is 5.23. The standard InChI is InChI=1S/C14H15Cl3N4OS2/c1-7(2)5-18-13-20-21-14(24-13)23-6-12(22)19-11-4-9(16)8(15)3-10(11)17/h3-4,7H,5-6H2,1-2H3,(H,18,20)(H,19,22). The zero-order chi connectivity index (χ0) is 17.7. The summed E-state index contributed by atoms with van der Waals surface area (Å²) in [4.78, 5) is 12.0. The van der Waals surface area contributed by atoms with Crippen molar-refractivity contribution in [3.8, 4) is 0 Å². The lowest BCUT2D eigenvalue weighted by Crippen LogP contribution is -2.14. The van der Waals surface area contributed by atoms with Crippen LogP contribution in [0.3, 0.4) is 0 Å². The molecule has 1 amide bonds. The van der Waals surface area contributed by atoms with E-state index in [-0.39, 0.29) is 11.7 Å². The highest BCUT2D eigenvalue weighted by Crippen LogP contribution is 2.32. The van der Waals surface area contributed by atoms with Crippen LogP contribution in [0.4, 0.5) is 10.8 Å². The molecule has 2 aromatic rings. The second-order valence-corrected chi connectivity index (χ2v) is 8.65. The quantitative estimate of drug-likeness (QED) is 0.465. The molecule has 10 heteroatoms. The van der Waals surface area contributed by atoms with Crippen molar-refractivity contribution in [3.05, 3.63) is 27.2 Å². The van der Waals surface area contributed by atoms with Crippen molar-refractivity contribution >= 4 is 74.6 Å². The van der Waals surface area contributed by atoms with Crippen molar-refractivity contribution in [3.63, 3.8) is 0 Å². The van der Waals surface area contributed by atoms with Gasteiger partial charge in [0.05, 0.1) is 26.5 Å².